The third-order valence-electron chi connectivity index (χ3n) is 3.27. The lowest BCUT2D eigenvalue weighted by atomic mass is 10.0. The largest absolute Gasteiger partial charge is 0.480 e. The molecule has 0 spiro atoms. The van der Waals surface area contributed by atoms with Crippen molar-refractivity contribution in [3.05, 3.63) is 0 Å². The third-order valence-corrected chi connectivity index (χ3v) is 3.27. The smallest absolute Gasteiger partial charge is 0.326 e. The second kappa shape index (κ2) is 6.58. The second-order valence-corrected chi connectivity index (χ2v) is 4.96. The third kappa shape index (κ3) is 3.87. The summed E-state index contributed by atoms with van der Waals surface area (Å²) in [6.45, 7) is 4.84. The quantitative estimate of drug-likeness (QED) is 0.785. The van der Waals surface area contributed by atoms with Crippen LogP contribution in [-0.2, 0) is 9.53 Å². The summed E-state index contributed by atoms with van der Waals surface area (Å²) in [5, 5.41) is 11.6. The highest BCUT2D eigenvalue weighted by molar-refractivity contribution is 5.82. The summed E-state index contributed by atoms with van der Waals surface area (Å²) >= 11 is 0. The second-order valence-electron chi connectivity index (χ2n) is 4.96. The summed E-state index contributed by atoms with van der Waals surface area (Å²) in [7, 11) is 1.70. The molecule has 6 nitrogen and oxygen atoms in total. The van der Waals surface area contributed by atoms with Crippen molar-refractivity contribution in [2.45, 2.75) is 38.8 Å². The van der Waals surface area contributed by atoms with Gasteiger partial charge in [-0.1, -0.05) is 13.8 Å². The van der Waals surface area contributed by atoms with E-state index in [1.807, 2.05) is 0 Å². The molecule has 2 amide bonds. The highest BCUT2D eigenvalue weighted by Gasteiger charge is 2.28. The maximum absolute atomic E-state index is 12.0. The fourth-order valence-corrected chi connectivity index (χ4v) is 1.99. The van der Waals surface area contributed by atoms with Crippen LogP contribution in [0.3, 0.4) is 0 Å². The summed E-state index contributed by atoms with van der Waals surface area (Å²) in [5.74, 6) is -1.15. The molecule has 0 aromatic heterocycles. The maximum Gasteiger partial charge on any atom is 0.326 e. The number of carbonyl (C=O) groups is 2. The van der Waals surface area contributed by atoms with Crippen molar-refractivity contribution in [1.29, 1.82) is 0 Å². The Hall–Kier alpha value is -1.30. The number of hydrogen-bond acceptors (Lipinski definition) is 3. The molecule has 0 bridgehead atoms. The highest BCUT2D eigenvalue weighted by atomic mass is 16.5. The van der Waals surface area contributed by atoms with Crippen molar-refractivity contribution in [3.8, 4) is 0 Å². The number of rotatable bonds is 4. The van der Waals surface area contributed by atoms with Crippen molar-refractivity contribution in [2.24, 2.45) is 5.92 Å². The van der Waals surface area contributed by atoms with E-state index < -0.39 is 12.0 Å². The van der Waals surface area contributed by atoms with Crippen molar-refractivity contribution < 1.29 is 19.4 Å². The Morgan fingerprint density at radius 2 is 1.89 bits per heavy atom. The number of nitrogens with zero attached hydrogens (tertiary/aromatic N) is 1. The van der Waals surface area contributed by atoms with E-state index in [4.69, 9.17) is 9.84 Å². The highest BCUT2D eigenvalue weighted by Crippen LogP contribution is 2.13. The number of carboxylic acid groups (broad SMARTS) is 1. The molecule has 18 heavy (non-hydrogen) atoms. The van der Waals surface area contributed by atoms with Crippen LogP contribution >= 0.6 is 0 Å². The lowest BCUT2D eigenvalue weighted by Gasteiger charge is -2.32. The van der Waals surface area contributed by atoms with Gasteiger partial charge in [-0.15, -0.1) is 0 Å². The minimum Gasteiger partial charge on any atom is -0.480 e. The molecule has 1 saturated heterocycles. The molecule has 1 fully saturated rings. The average Bonchev–Trinajstić information content (AvgIpc) is 2.35. The van der Waals surface area contributed by atoms with Gasteiger partial charge in [-0.05, 0) is 18.8 Å². The first kappa shape index (κ1) is 14.8. The summed E-state index contributed by atoms with van der Waals surface area (Å²) in [6, 6.07) is -1.05. The van der Waals surface area contributed by atoms with Crippen molar-refractivity contribution in [2.75, 3.05) is 20.3 Å². The minimum atomic E-state index is -1.00. The summed E-state index contributed by atoms with van der Waals surface area (Å²) in [6.07, 6.45) is 1.59. The Labute approximate surface area is 107 Å². The van der Waals surface area contributed by atoms with Crippen LogP contribution in [0.2, 0.25) is 0 Å². The van der Waals surface area contributed by atoms with E-state index >= 15 is 0 Å². The summed E-state index contributed by atoms with van der Waals surface area (Å²) in [4.78, 5) is 24.6. The zero-order valence-corrected chi connectivity index (χ0v) is 11.2. The number of nitrogens with one attached hydrogen (secondary N) is 1. The van der Waals surface area contributed by atoms with Gasteiger partial charge in [0.1, 0.15) is 6.04 Å². The number of carbonyl (C=O) groups excluding carboxylic acids is 1. The van der Waals surface area contributed by atoms with Crippen LogP contribution in [0.15, 0.2) is 0 Å². The predicted molar refractivity (Wildman–Crippen MR) is 66.4 cm³/mol. The van der Waals surface area contributed by atoms with Crippen LogP contribution < -0.4 is 5.32 Å². The SMILES string of the molecule is CC(C)[C@@H](NC(=O)N(C)C1CCOCC1)C(=O)O. The monoisotopic (exact) mass is 258 g/mol. The van der Waals surface area contributed by atoms with E-state index in [1.165, 1.54) is 0 Å². The first-order chi connectivity index (χ1) is 8.43. The lowest BCUT2D eigenvalue weighted by molar-refractivity contribution is -0.140. The van der Waals surface area contributed by atoms with Crippen LogP contribution in [0.5, 0.6) is 0 Å². The van der Waals surface area contributed by atoms with Crippen LogP contribution in [0.25, 0.3) is 0 Å². The molecule has 6 heteroatoms. The normalized spacial score (nSPS) is 18.4. The van der Waals surface area contributed by atoms with Gasteiger partial charge in [0.15, 0.2) is 0 Å². The molecule has 2 N–H and O–H groups in total. The first-order valence-corrected chi connectivity index (χ1v) is 6.27. The molecule has 0 radical (unpaired) electrons. The molecular formula is C12H22N2O4. The van der Waals surface area contributed by atoms with Gasteiger partial charge in [-0.2, -0.15) is 0 Å². The molecule has 0 unspecified atom stereocenters. The summed E-state index contributed by atoms with van der Waals surface area (Å²) in [5.41, 5.74) is 0. The molecule has 1 atom stereocenters. The molecule has 0 saturated carbocycles. The number of urea groups is 1. The first-order valence-electron chi connectivity index (χ1n) is 6.27. The number of carboxylic acids is 1. The van der Waals surface area contributed by atoms with E-state index in [1.54, 1.807) is 25.8 Å². The molecule has 1 heterocycles. The van der Waals surface area contributed by atoms with Crippen LogP contribution in [-0.4, -0.2) is 54.4 Å². The molecule has 104 valence electrons. The molecule has 1 aliphatic heterocycles. The van der Waals surface area contributed by atoms with Gasteiger partial charge in [0.25, 0.3) is 0 Å². The van der Waals surface area contributed by atoms with Crippen LogP contribution in [0.4, 0.5) is 4.79 Å². The fourth-order valence-electron chi connectivity index (χ4n) is 1.99. The Bertz CT molecular complexity index is 300. The molecule has 0 aromatic rings. The van der Waals surface area contributed by atoms with Gasteiger partial charge < -0.3 is 20.1 Å². The van der Waals surface area contributed by atoms with Crippen molar-refractivity contribution in [3.63, 3.8) is 0 Å². The van der Waals surface area contributed by atoms with Crippen LogP contribution in [0, 0.1) is 5.92 Å². The Kier molecular flexibility index (Phi) is 5.40. The van der Waals surface area contributed by atoms with Crippen molar-refractivity contribution >= 4 is 12.0 Å². The van der Waals surface area contributed by atoms with Gasteiger partial charge in [0.2, 0.25) is 0 Å². The Morgan fingerprint density at radius 1 is 1.33 bits per heavy atom. The standard InChI is InChI=1S/C12H22N2O4/c1-8(2)10(11(15)16)13-12(17)14(3)9-4-6-18-7-5-9/h8-10H,4-7H2,1-3H3,(H,13,17)(H,15,16)/t10-/m1/s1. The molecule has 1 aliphatic rings. The molecule has 0 aromatic carbocycles. The minimum absolute atomic E-state index is 0.125. The number of ether oxygens (including phenoxy) is 1. The fraction of sp³-hybridized carbons (Fsp3) is 0.833. The van der Waals surface area contributed by atoms with E-state index in [0.717, 1.165) is 12.8 Å². The van der Waals surface area contributed by atoms with E-state index in [-0.39, 0.29) is 18.0 Å². The maximum atomic E-state index is 12.0. The Balaban J connectivity index is 2.54. The van der Waals surface area contributed by atoms with Gasteiger partial charge in [0, 0.05) is 26.3 Å². The predicted octanol–water partition coefficient (Wildman–Crippen LogP) is 0.916. The van der Waals surface area contributed by atoms with Crippen LogP contribution in [0.1, 0.15) is 26.7 Å². The van der Waals surface area contributed by atoms with E-state index in [9.17, 15) is 9.59 Å². The number of amides is 2. The molecule has 0 aliphatic carbocycles. The molecular weight excluding hydrogens is 236 g/mol. The van der Waals surface area contributed by atoms with Gasteiger partial charge >= 0.3 is 12.0 Å². The van der Waals surface area contributed by atoms with Crippen molar-refractivity contribution in [1.82, 2.24) is 10.2 Å². The zero-order valence-electron chi connectivity index (χ0n) is 11.2. The van der Waals surface area contributed by atoms with E-state index in [2.05, 4.69) is 5.32 Å². The summed E-state index contributed by atoms with van der Waals surface area (Å²) < 4.78 is 5.23. The number of aliphatic carboxylic acids is 1. The van der Waals surface area contributed by atoms with E-state index in [0.29, 0.717) is 13.2 Å². The van der Waals surface area contributed by atoms with Gasteiger partial charge in [0.05, 0.1) is 0 Å². The zero-order chi connectivity index (χ0) is 13.7. The lowest BCUT2D eigenvalue weighted by Crippen LogP contribution is -2.52. The topological polar surface area (TPSA) is 78.9 Å². The van der Waals surface area contributed by atoms with Gasteiger partial charge in [-0.3, -0.25) is 0 Å². The van der Waals surface area contributed by atoms with Gasteiger partial charge in [-0.25, -0.2) is 9.59 Å². The number of hydrogen-bond donors (Lipinski definition) is 2. The average molecular weight is 258 g/mol. The molecule has 1 rings (SSSR count). The Morgan fingerprint density at radius 3 is 2.33 bits per heavy atom.